The third kappa shape index (κ3) is 2.60. The summed E-state index contributed by atoms with van der Waals surface area (Å²) in [6.07, 6.45) is -0.404. The molecule has 3 heteroatoms. The number of hydrogen-bond acceptors (Lipinski definition) is 1. The maximum Gasteiger partial charge on any atom is 0.0578 e. The first-order chi connectivity index (χ1) is 6.02. The predicted molar refractivity (Wildman–Crippen MR) is 56.6 cm³/mol. The van der Waals surface area contributed by atoms with Gasteiger partial charge < -0.3 is 5.11 Å². The van der Waals surface area contributed by atoms with Gasteiger partial charge in [-0.1, -0.05) is 36.2 Å². The fraction of sp³-hybridized carbons (Fsp3) is 0.400. The molecule has 1 N–H and O–H groups in total. The van der Waals surface area contributed by atoms with Gasteiger partial charge >= 0.3 is 0 Å². The predicted octanol–water partition coefficient (Wildman–Crippen LogP) is 3.48. The lowest BCUT2D eigenvalue weighted by Crippen LogP contribution is -2.11. The standard InChI is InChI=1S/C10H12Cl2O/c1-6(7(2)13)9-4-3-8(11)5-10(9)12/h3-7,13H,1-2H3. The average Bonchev–Trinajstić information content (AvgIpc) is 2.03. The van der Waals surface area contributed by atoms with Crippen LogP contribution in [0.4, 0.5) is 0 Å². The zero-order valence-corrected chi connectivity index (χ0v) is 9.10. The van der Waals surface area contributed by atoms with Crippen molar-refractivity contribution in [2.24, 2.45) is 0 Å². The van der Waals surface area contributed by atoms with Crippen LogP contribution in [0.2, 0.25) is 10.0 Å². The Hall–Kier alpha value is -0.240. The molecule has 1 rings (SSSR count). The van der Waals surface area contributed by atoms with Crippen molar-refractivity contribution in [1.29, 1.82) is 0 Å². The molecule has 0 heterocycles. The SMILES string of the molecule is CC(O)C(C)c1ccc(Cl)cc1Cl. The van der Waals surface area contributed by atoms with Crippen LogP contribution in [0, 0.1) is 0 Å². The molecule has 0 radical (unpaired) electrons. The van der Waals surface area contributed by atoms with Crippen LogP contribution in [-0.4, -0.2) is 11.2 Å². The van der Waals surface area contributed by atoms with Crippen molar-refractivity contribution in [1.82, 2.24) is 0 Å². The largest absolute Gasteiger partial charge is 0.393 e. The first kappa shape index (κ1) is 10.8. The smallest absolute Gasteiger partial charge is 0.0578 e. The highest BCUT2D eigenvalue weighted by molar-refractivity contribution is 6.35. The lowest BCUT2D eigenvalue weighted by molar-refractivity contribution is 0.169. The summed E-state index contributed by atoms with van der Waals surface area (Å²) in [5.41, 5.74) is 0.932. The van der Waals surface area contributed by atoms with Crippen molar-refractivity contribution in [3.8, 4) is 0 Å². The second kappa shape index (κ2) is 4.32. The van der Waals surface area contributed by atoms with Gasteiger partial charge in [-0.2, -0.15) is 0 Å². The third-order valence-corrected chi connectivity index (χ3v) is 2.74. The minimum atomic E-state index is -0.404. The molecule has 72 valence electrons. The van der Waals surface area contributed by atoms with Crippen molar-refractivity contribution in [2.75, 3.05) is 0 Å². The monoisotopic (exact) mass is 218 g/mol. The van der Waals surface area contributed by atoms with E-state index in [1.54, 1.807) is 19.1 Å². The molecule has 13 heavy (non-hydrogen) atoms. The number of benzene rings is 1. The minimum absolute atomic E-state index is 0.0322. The van der Waals surface area contributed by atoms with Crippen LogP contribution in [-0.2, 0) is 0 Å². The van der Waals surface area contributed by atoms with E-state index in [-0.39, 0.29) is 5.92 Å². The molecular formula is C10H12Cl2O. The van der Waals surface area contributed by atoms with Crippen molar-refractivity contribution in [3.05, 3.63) is 33.8 Å². The van der Waals surface area contributed by atoms with Crippen LogP contribution in [0.15, 0.2) is 18.2 Å². The molecule has 0 bridgehead atoms. The molecule has 0 fully saturated rings. The van der Waals surface area contributed by atoms with E-state index in [0.29, 0.717) is 10.0 Å². The number of aliphatic hydroxyl groups excluding tert-OH is 1. The normalized spacial score (nSPS) is 15.5. The van der Waals surface area contributed by atoms with Gasteiger partial charge in [0, 0.05) is 16.0 Å². The molecule has 0 aliphatic rings. The number of rotatable bonds is 2. The van der Waals surface area contributed by atoms with Crippen LogP contribution in [0.3, 0.4) is 0 Å². The van der Waals surface area contributed by atoms with Gasteiger partial charge in [-0.15, -0.1) is 0 Å². The van der Waals surface area contributed by atoms with Crippen molar-refractivity contribution in [3.63, 3.8) is 0 Å². The topological polar surface area (TPSA) is 20.2 Å². The van der Waals surface area contributed by atoms with E-state index in [0.717, 1.165) is 5.56 Å². The Bertz CT molecular complexity index is 297. The molecule has 0 aliphatic heterocycles. The van der Waals surface area contributed by atoms with Crippen LogP contribution >= 0.6 is 23.2 Å². The molecule has 1 aromatic carbocycles. The third-order valence-electron chi connectivity index (χ3n) is 2.18. The molecule has 0 amide bonds. The Labute approximate surface area is 88.3 Å². The van der Waals surface area contributed by atoms with Gasteiger partial charge in [0.2, 0.25) is 0 Å². The summed E-state index contributed by atoms with van der Waals surface area (Å²) in [7, 11) is 0. The van der Waals surface area contributed by atoms with Gasteiger partial charge in [0.1, 0.15) is 0 Å². The summed E-state index contributed by atoms with van der Waals surface area (Å²) >= 11 is 11.7. The molecule has 1 nitrogen and oxygen atoms in total. The summed E-state index contributed by atoms with van der Waals surface area (Å²) < 4.78 is 0. The van der Waals surface area contributed by atoms with Crippen LogP contribution < -0.4 is 0 Å². The molecule has 0 saturated heterocycles. The highest BCUT2D eigenvalue weighted by Gasteiger charge is 2.14. The second-order valence-corrected chi connectivity index (χ2v) is 4.04. The summed E-state index contributed by atoms with van der Waals surface area (Å²) in [6, 6.07) is 5.32. The number of hydrogen-bond donors (Lipinski definition) is 1. The summed E-state index contributed by atoms with van der Waals surface area (Å²) in [4.78, 5) is 0. The van der Waals surface area contributed by atoms with Gasteiger partial charge in [-0.25, -0.2) is 0 Å². The molecule has 2 unspecified atom stereocenters. The van der Waals surface area contributed by atoms with E-state index >= 15 is 0 Å². The van der Waals surface area contributed by atoms with Gasteiger partial charge in [-0.3, -0.25) is 0 Å². The van der Waals surface area contributed by atoms with E-state index in [2.05, 4.69) is 0 Å². The van der Waals surface area contributed by atoms with Crippen LogP contribution in [0.25, 0.3) is 0 Å². The molecule has 0 aliphatic carbocycles. The Balaban J connectivity index is 3.01. The molecule has 0 spiro atoms. The van der Waals surface area contributed by atoms with Crippen molar-refractivity contribution < 1.29 is 5.11 Å². The van der Waals surface area contributed by atoms with Crippen LogP contribution in [0.5, 0.6) is 0 Å². The molecule has 0 saturated carbocycles. The Morgan fingerprint density at radius 3 is 2.31 bits per heavy atom. The molecule has 0 aromatic heterocycles. The second-order valence-electron chi connectivity index (χ2n) is 3.20. The zero-order valence-electron chi connectivity index (χ0n) is 7.59. The maximum atomic E-state index is 9.38. The molecule has 1 aromatic rings. The first-order valence-electron chi connectivity index (χ1n) is 4.15. The number of halogens is 2. The maximum absolute atomic E-state index is 9.38. The fourth-order valence-electron chi connectivity index (χ4n) is 1.13. The van der Waals surface area contributed by atoms with E-state index in [1.165, 1.54) is 0 Å². The Morgan fingerprint density at radius 1 is 1.23 bits per heavy atom. The fourth-order valence-corrected chi connectivity index (χ4v) is 1.71. The first-order valence-corrected chi connectivity index (χ1v) is 4.91. The average molecular weight is 219 g/mol. The van der Waals surface area contributed by atoms with E-state index in [4.69, 9.17) is 23.2 Å². The molecule has 2 atom stereocenters. The van der Waals surface area contributed by atoms with Gasteiger partial charge in [-0.05, 0) is 24.6 Å². The van der Waals surface area contributed by atoms with Gasteiger partial charge in [0.15, 0.2) is 0 Å². The van der Waals surface area contributed by atoms with E-state index in [1.807, 2.05) is 13.0 Å². The Kier molecular flexibility index (Phi) is 3.60. The highest BCUT2D eigenvalue weighted by atomic mass is 35.5. The minimum Gasteiger partial charge on any atom is -0.393 e. The summed E-state index contributed by atoms with van der Waals surface area (Å²) in [5.74, 6) is 0.0322. The van der Waals surface area contributed by atoms with Gasteiger partial charge in [0.05, 0.1) is 6.10 Å². The van der Waals surface area contributed by atoms with Crippen molar-refractivity contribution in [2.45, 2.75) is 25.9 Å². The number of aliphatic hydroxyl groups is 1. The van der Waals surface area contributed by atoms with E-state index < -0.39 is 6.10 Å². The highest BCUT2D eigenvalue weighted by Crippen LogP contribution is 2.29. The lowest BCUT2D eigenvalue weighted by Gasteiger charge is -2.16. The summed E-state index contributed by atoms with van der Waals surface area (Å²) in [5, 5.41) is 10.6. The lowest BCUT2D eigenvalue weighted by atomic mass is 9.96. The molecular weight excluding hydrogens is 207 g/mol. The zero-order chi connectivity index (χ0) is 10.0. The quantitative estimate of drug-likeness (QED) is 0.807. The van der Waals surface area contributed by atoms with Crippen molar-refractivity contribution >= 4 is 23.2 Å². The Morgan fingerprint density at radius 2 is 1.85 bits per heavy atom. The summed E-state index contributed by atoms with van der Waals surface area (Å²) in [6.45, 7) is 3.68. The van der Waals surface area contributed by atoms with Crippen LogP contribution in [0.1, 0.15) is 25.3 Å². The van der Waals surface area contributed by atoms with Gasteiger partial charge in [0.25, 0.3) is 0 Å². The van der Waals surface area contributed by atoms with E-state index in [9.17, 15) is 5.11 Å².